The van der Waals surface area contributed by atoms with Gasteiger partial charge in [-0.2, -0.15) is 23.5 Å². The van der Waals surface area contributed by atoms with Gasteiger partial charge in [0.2, 0.25) is 0 Å². The summed E-state index contributed by atoms with van der Waals surface area (Å²) in [5, 5.41) is 8.09. The Morgan fingerprint density at radius 1 is 1.00 bits per heavy atom. The summed E-state index contributed by atoms with van der Waals surface area (Å²) in [5.41, 5.74) is 2.22. The standard InChI is InChI=1S/C32H38N2O5S3/c1-38-29(36)20-41-17-15-23-21-9-3-5-11-24(21)31(25-12-6-4-10-22(23)25)34-26-19-42-27(30(26)33-32(34)37)13-7-8-14-28(35)39-16-18-40-2/h3-6,9-12,26-27,30H,7-8,13-20H2,1-2H3,(H,33,37). The van der Waals surface area contributed by atoms with Gasteiger partial charge in [0.15, 0.2) is 0 Å². The molecule has 0 aromatic heterocycles. The van der Waals surface area contributed by atoms with Crippen molar-refractivity contribution >= 4 is 80.5 Å². The fourth-order valence-electron chi connectivity index (χ4n) is 6.03. The molecule has 2 saturated heterocycles. The normalized spacial score (nSPS) is 19.7. The van der Waals surface area contributed by atoms with E-state index >= 15 is 0 Å². The second-order valence-corrected chi connectivity index (χ2v) is 13.9. The molecule has 5 rings (SSSR count). The Morgan fingerprint density at radius 2 is 1.69 bits per heavy atom. The smallest absolute Gasteiger partial charge is 0.322 e. The minimum Gasteiger partial charge on any atom is -0.468 e. The van der Waals surface area contributed by atoms with Crippen LogP contribution in [-0.4, -0.2) is 78.3 Å². The van der Waals surface area contributed by atoms with E-state index < -0.39 is 0 Å². The molecule has 2 aliphatic rings. The van der Waals surface area contributed by atoms with Gasteiger partial charge in [-0.3, -0.25) is 14.5 Å². The maximum Gasteiger partial charge on any atom is 0.322 e. The molecule has 224 valence electrons. The lowest BCUT2D eigenvalue weighted by Gasteiger charge is -2.27. The third-order valence-corrected chi connectivity index (χ3v) is 11.0. The minimum atomic E-state index is -0.212. The van der Waals surface area contributed by atoms with Crippen LogP contribution in [0.2, 0.25) is 0 Å². The number of aryl methyl sites for hydroxylation is 1. The van der Waals surface area contributed by atoms with Crippen molar-refractivity contribution in [1.82, 2.24) is 5.32 Å². The van der Waals surface area contributed by atoms with Crippen LogP contribution in [0.15, 0.2) is 48.5 Å². The van der Waals surface area contributed by atoms with E-state index in [9.17, 15) is 14.4 Å². The van der Waals surface area contributed by atoms with E-state index in [4.69, 9.17) is 9.47 Å². The molecule has 3 aromatic rings. The van der Waals surface area contributed by atoms with E-state index in [1.807, 2.05) is 35.1 Å². The number of rotatable bonds is 14. The van der Waals surface area contributed by atoms with Crippen molar-refractivity contribution in [3.63, 3.8) is 0 Å². The van der Waals surface area contributed by atoms with E-state index in [2.05, 4.69) is 41.7 Å². The molecular formula is C32H38N2O5S3. The number of ether oxygens (including phenoxy) is 2. The molecule has 1 N–H and O–H groups in total. The molecule has 0 aliphatic carbocycles. The molecule has 3 unspecified atom stereocenters. The minimum absolute atomic E-state index is 0.0376. The highest BCUT2D eigenvalue weighted by atomic mass is 32.2. The van der Waals surface area contributed by atoms with E-state index in [1.165, 1.54) is 12.7 Å². The van der Waals surface area contributed by atoms with Gasteiger partial charge in [-0.15, -0.1) is 11.8 Å². The number of methoxy groups -OCH3 is 1. The molecule has 0 saturated carbocycles. The number of hydrogen-bond donors (Lipinski definition) is 1. The molecular weight excluding hydrogens is 589 g/mol. The second-order valence-electron chi connectivity index (χ2n) is 10.5. The maximum atomic E-state index is 13.6. The predicted octanol–water partition coefficient (Wildman–Crippen LogP) is 6.29. The lowest BCUT2D eigenvalue weighted by atomic mass is 9.92. The number of fused-ring (bicyclic) bond motifs is 3. The zero-order valence-corrected chi connectivity index (χ0v) is 26.6. The molecule has 10 heteroatoms. The van der Waals surface area contributed by atoms with Crippen molar-refractivity contribution in [3.8, 4) is 0 Å². The Balaban J connectivity index is 1.34. The number of urea groups is 1. The fraction of sp³-hybridized carbons (Fsp3) is 0.469. The maximum absolute atomic E-state index is 13.6. The fourth-order valence-corrected chi connectivity index (χ4v) is 8.65. The number of thioether (sulfide) groups is 3. The first-order valence-electron chi connectivity index (χ1n) is 14.5. The van der Waals surface area contributed by atoms with E-state index in [0.29, 0.717) is 24.0 Å². The van der Waals surface area contributed by atoms with Gasteiger partial charge in [0, 0.05) is 33.9 Å². The Kier molecular flexibility index (Phi) is 10.8. The van der Waals surface area contributed by atoms with Gasteiger partial charge in [0.1, 0.15) is 6.61 Å². The highest BCUT2D eigenvalue weighted by Crippen LogP contribution is 2.45. The molecule has 2 amide bonds. The number of nitrogens with zero attached hydrogens (tertiary/aromatic N) is 1. The summed E-state index contributed by atoms with van der Waals surface area (Å²) in [6.45, 7) is 0.475. The quantitative estimate of drug-likeness (QED) is 0.0968. The van der Waals surface area contributed by atoms with Crippen LogP contribution < -0.4 is 10.2 Å². The molecule has 7 nitrogen and oxygen atoms in total. The number of amides is 2. The molecule has 2 aliphatic heterocycles. The number of hydrogen-bond acceptors (Lipinski definition) is 8. The third kappa shape index (κ3) is 6.81. The summed E-state index contributed by atoms with van der Waals surface area (Å²) < 4.78 is 10.1. The molecule has 3 atom stereocenters. The topological polar surface area (TPSA) is 84.9 Å². The Bertz CT molecular complexity index is 1380. The number of nitrogens with one attached hydrogen (secondary N) is 1. The zero-order valence-electron chi connectivity index (χ0n) is 24.1. The third-order valence-electron chi connectivity index (χ3n) is 8.01. The molecule has 3 aromatic carbocycles. The van der Waals surface area contributed by atoms with Crippen LogP contribution >= 0.6 is 35.3 Å². The van der Waals surface area contributed by atoms with Crippen LogP contribution in [0.25, 0.3) is 21.5 Å². The van der Waals surface area contributed by atoms with E-state index in [-0.39, 0.29) is 30.1 Å². The first-order valence-corrected chi connectivity index (χ1v) is 18.1. The molecule has 0 bridgehead atoms. The lowest BCUT2D eigenvalue weighted by molar-refractivity contribution is -0.143. The molecule has 0 radical (unpaired) electrons. The van der Waals surface area contributed by atoms with Crippen LogP contribution in [-0.2, 0) is 25.5 Å². The summed E-state index contributed by atoms with van der Waals surface area (Å²) in [4.78, 5) is 39.3. The van der Waals surface area contributed by atoms with Gasteiger partial charge >= 0.3 is 18.0 Å². The van der Waals surface area contributed by atoms with Crippen LogP contribution in [0.4, 0.5) is 10.5 Å². The van der Waals surface area contributed by atoms with Crippen LogP contribution in [0.3, 0.4) is 0 Å². The first-order chi connectivity index (χ1) is 20.5. The number of benzene rings is 3. The summed E-state index contributed by atoms with van der Waals surface area (Å²) in [6.07, 6.45) is 5.96. The van der Waals surface area contributed by atoms with Gasteiger partial charge in [0.25, 0.3) is 0 Å². The van der Waals surface area contributed by atoms with Crippen LogP contribution in [0, 0.1) is 0 Å². The average Bonchev–Trinajstić information content (AvgIpc) is 3.54. The summed E-state index contributed by atoms with van der Waals surface area (Å²) in [7, 11) is 1.42. The van der Waals surface area contributed by atoms with Crippen molar-refractivity contribution in [2.45, 2.75) is 49.4 Å². The number of carbonyl (C=O) groups excluding carboxylic acids is 3. The number of esters is 2. The van der Waals surface area contributed by atoms with Crippen molar-refractivity contribution in [3.05, 3.63) is 54.1 Å². The van der Waals surface area contributed by atoms with Gasteiger partial charge in [-0.25, -0.2) is 4.79 Å². The van der Waals surface area contributed by atoms with Crippen molar-refractivity contribution in [2.24, 2.45) is 0 Å². The van der Waals surface area contributed by atoms with Crippen LogP contribution in [0.5, 0.6) is 0 Å². The Hall–Kier alpha value is -2.56. The van der Waals surface area contributed by atoms with Gasteiger partial charge in [-0.05, 0) is 47.6 Å². The zero-order chi connectivity index (χ0) is 29.5. The van der Waals surface area contributed by atoms with Crippen molar-refractivity contribution in [1.29, 1.82) is 0 Å². The summed E-state index contributed by atoms with van der Waals surface area (Å²) in [5.74, 6) is 2.50. The van der Waals surface area contributed by atoms with Gasteiger partial charge in [0.05, 0.1) is 30.6 Å². The van der Waals surface area contributed by atoms with Crippen LogP contribution in [0.1, 0.15) is 31.2 Å². The monoisotopic (exact) mass is 626 g/mol. The Labute approximate surface area is 260 Å². The predicted molar refractivity (Wildman–Crippen MR) is 177 cm³/mol. The molecule has 2 fully saturated rings. The largest absolute Gasteiger partial charge is 0.468 e. The van der Waals surface area contributed by atoms with Crippen molar-refractivity contribution in [2.75, 3.05) is 47.9 Å². The Morgan fingerprint density at radius 3 is 2.36 bits per heavy atom. The number of anilines is 1. The second kappa shape index (κ2) is 14.8. The average molecular weight is 627 g/mol. The number of unbranched alkanes of at least 4 members (excludes halogenated alkanes) is 1. The van der Waals surface area contributed by atoms with Gasteiger partial charge < -0.3 is 14.8 Å². The van der Waals surface area contributed by atoms with E-state index in [0.717, 1.165) is 70.2 Å². The highest BCUT2D eigenvalue weighted by molar-refractivity contribution is 8.00. The summed E-state index contributed by atoms with van der Waals surface area (Å²) >= 11 is 5.17. The van der Waals surface area contributed by atoms with Gasteiger partial charge in [-0.1, -0.05) is 55.0 Å². The molecule has 2 heterocycles. The lowest BCUT2D eigenvalue weighted by Crippen LogP contribution is -2.38. The first kappa shape index (κ1) is 30.9. The van der Waals surface area contributed by atoms with E-state index in [1.54, 1.807) is 23.5 Å². The summed E-state index contributed by atoms with van der Waals surface area (Å²) in [6, 6.07) is 16.8. The SMILES string of the molecule is COC(=O)CSCCc1c2ccccc2c(N2C(=O)NC3C(CCCCC(=O)OCCSC)SCC32)c2ccccc12. The molecule has 0 spiro atoms. The highest BCUT2D eigenvalue weighted by Gasteiger charge is 2.49. The number of carbonyl (C=O) groups is 3. The van der Waals surface area contributed by atoms with Crippen molar-refractivity contribution < 1.29 is 23.9 Å². The molecule has 42 heavy (non-hydrogen) atoms.